The van der Waals surface area contributed by atoms with Gasteiger partial charge in [-0.1, -0.05) is 12.7 Å². The van der Waals surface area contributed by atoms with Crippen LogP contribution in [0.25, 0.3) is 0 Å². The zero-order valence-electron chi connectivity index (χ0n) is 8.92. The van der Waals surface area contributed by atoms with E-state index in [4.69, 9.17) is 5.11 Å². The topological polar surface area (TPSA) is 101 Å². The number of nitrogens with one attached hydrogen (secondary N) is 1. The smallest absolute Gasteiger partial charge is 0.407 e. The minimum absolute atomic E-state index is 0.114. The predicted octanol–water partition coefficient (Wildman–Crippen LogP) is 0.587. The van der Waals surface area contributed by atoms with Crippen LogP contribution in [0.5, 0.6) is 0 Å². The predicted molar refractivity (Wildman–Crippen MR) is 57.4 cm³/mol. The number of rotatable bonds is 5. The molecule has 1 aromatic heterocycles. The molecule has 1 aromatic rings. The first-order valence-electron chi connectivity index (χ1n) is 4.69. The molecule has 0 aliphatic heterocycles. The highest BCUT2D eigenvalue weighted by atomic mass is 16.5. The molecule has 0 aliphatic carbocycles. The highest BCUT2D eigenvalue weighted by Crippen LogP contribution is 1.95. The lowest BCUT2D eigenvalue weighted by Gasteiger charge is -2.04. The number of ether oxygens (including phenoxy) is 1. The number of carboxylic acids is 1. The monoisotopic (exact) mass is 237 g/mol. The molecular weight excluding hydrogens is 226 g/mol. The van der Waals surface area contributed by atoms with E-state index in [1.807, 2.05) is 0 Å². The van der Waals surface area contributed by atoms with Gasteiger partial charge >= 0.3 is 12.1 Å². The van der Waals surface area contributed by atoms with Crippen molar-refractivity contribution >= 4 is 12.1 Å². The van der Waals surface area contributed by atoms with E-state index >= 15 is 0 Å². The van der Waals surface area contributed by atoms with E-state index in [-0.39, 0.29) is 18.8 Å². The molecule has 1 heterocycles. The number of carboxylic acid groups (broad SMARTS) is 1. The molecule has 0 saturated carbocycles. The first kappa shape index (κ1) is 12.6. The van der Waals surface area contributed by atoms with E-state index in [1.54, 1.807) is 0 Å². The molecule has 7 nitrogen and oxygen atoms in total. The van der Waals surface area contributed by atoms with Crippen LogP contribution in [0.15, 0.2) is 25.0 Å². The van der Waals surface area contributed by atoms with Crippen LogP contribution >= 0.6 is 0 Å². The third-order valence-electron chi connectivity index (χ3n) is 1.67. The van der Waals surface area contributed by atoms with Gasteiger partial charge in [0.1, 0.15) is 6.61 Å². The Bertz CT molecular complexity index is 416. The molecule has 90 valence electrons. The Morgan fingerprint density at radius 3 is 2.76 bits per heavy atom. The molecule has 17 heavy (non-hydrogen) atoms. The Hall–Kier alpha value is -2.44. The van der Waals surface area contributed by atoms with Gasteiger partial charge in [-0.05, 0) is 0 Å². The number of nitrogens with zero attached hydrogens (tertiary/aromatic N) is 2. The maximum atomic E-state index is 11.0. The van der Waals surface area contributed by atoms with Gasteiger partial charge < -0.3 is 15.2 Å². The van der Waals surface area contributed by atoms with Crippen molar-refractivity contribution in [2.45, 2.75) is 6.54 Å². The molecule has 0 aromatic carbocycles. The van der Waals surface area contributed by atoms with Crippen molar-refractivity contribution in [2.75, 3.05) is 6.61 Å². The highest BCUT2D eigenvalue weighted by Gasteiger charge is 2.06. The van der Waals surface area contributed by atoms with Crippen LogP contribution in [0, 0.1) is 0 Å². The van der Waals surface area contributed by atoms with Crippen molar-refractivity contribution in [3.05, 3.63) is 36.4 Å². The van der Waals surface area contributed by atoms with E-state index in [1.165, 1.54) is 12.3 Å². The Kier molecular flexibility index (Phi) is 4.61. The maximum absolute atomic E-state index is 11.0. The molecule has 0 aliphatic rings. The third-order valence-corrected chi connectivity index (χ3v) is 1.67. The third kappa shape index (κ3) is 4.29. The minimum atomic E-state index is -1.15. The number of hydrogen-bond donors (Lipinski definition) is 2. The van der Waals surface area contributed by atoms with Crippen LogP contribution < -0.4 is 5.32 Å². The molecule has 0 spiro atoms. The summed E-state index contributed by atoms with van der Waals surface area (Å²) >= 11 is 0. The number of hydrogen-bond acceptors (Lipinski definition) is 5. The van der Waals surface area contributed by atoms with Crippen molar-refractivity contribution in [3.8, 4) is 0 Å². The van der Waals surface area contributed by atoms with Crippen LogP contribution in [0.2, 0.25) is 0 Å². The van der Waals surface area contributed by atoms with E-state index in [2.05, 4.69) is 26.6 Å². The van der Waals surface area contributed by atoms with Gasteiger partial charge in [-0.15, -0.1) is 0 Å². The first-order valence-corrected chi connectivity index (χ1v) is 4.69. The second kappa shape index (κ2) is 6.21. The van der Waals surface area contributed by atoms with E-state index < -0.39 is 12.1 Å². The summed E-state index contributed by atoms with van der Waals surface area (Å²) in [7, 11) is 0. The quantitative estimate of drug-likeness (QED) is 0.726. The van der Waals surface area contributed by atoms with Gasteiger partial charge in [0.2, 0.25) is 0 Å². The van der Waals surface area contributed by atoms with Gasteiger partial charge in [-0.3, -0.25) is 4.98 Å². The average Bonchev–Trinajstić information content (AvgIpc) is 2.34. The summed E-state index contributed by atoms with van der Waals surface area (Å²) in [6.07, 6.45) is 3.24. The van der Waals surface area contributed by atoms with Crippen LogP contribution in [-0.2, 0) is 11.3 Å². The molecule has 0 saturated heterocycles. The Balaban J connectivity index is 2.44. The molecule has 0 atom stereocenters. The van der Waals surface area contributed by atoms with E-state index in [9.17, 15) is 9.59 Å². The number of carbonyl (C=O) groups excluding carboxylic acids is 1. The van der Waals surface area contributed by atoms with Crippen LogP contribution in [0.3, 0.4) is 0 Å². The number of amides is 1. The second-order valence-electron chi connectivity index (χ2n) is 2.94. The molecule has 0 unspecified atom stereocenters. The molecular formula is C10H11N3O4. The van der Waals surface area contributed by atoms with Crippen molar-refractivity contribution in [1.29, 1.82) is 0 Å². The minimum Gasteiger partial charge on any atom is -0.476 e. The summed E-state index contributed by atoms with van der Waals surface area (Å²) in [5, 5.41) is 11.0. The normalized spacial score (nSPS) is 9.41. The van der Waals surface area contributed by atoms with Crippen molar-refractivity contribution in [2.24, 2.45) is 0 Å². The lowest BCUT2D eigenvalue weighted by atomic mass is 10.4. The largest absolute Gasteiger partial charge is 0.476 e. The van der Waals surface area contributed by atoms with Crippen molar-refractivity contribution < 1.29 is 19.4 Å². The summed E-state index contributed by atoms with van der Waals surface area (Å²) in [6.45, 7) is 3.63. The first-order chi connectivity index (χ1) is 8.13. The Morgan fingerprint density at radius 1 is 1.47 bits per heavy atom. The van der Waals surface area contributed by atoms with Crippen LogP contribution in [0.4, 0.5) is 4.79 Å². The zero-order chi connectivity index (χ0) is 12.7. The summed E-state index contributed by atoms with van der Waals surface area (Å²) in [5.74, 6) is -1.15. The standard InChI is InChI=1S/C10H11N3O4/c1-2-3-17-10(16)13-5-7-4-12-8(6-11-7)9(14)15/h2,4,6H,1,3,5H2,(H,13,16)(H,14,15). The molecule has 1 rings (SSSR count). The summed E-state index contributed by atoms with van der Waals surface area (Å²) in [4.78, 5) is 29.0. The molecule has 1 amide bonds. The fraction of sp³-hybridized carbons (Fsp3) is 0.200. The average molecular weight is 237 g/mol. The summed E-state index contributed by atoms with van der Waals surface area (Å²) in [5.41, 5.74) is 0.286. The molecule has 0 bridgehead atoms. The van der Waals surface area contributed by atoms with Gasteiger partial charge in [-0.2, -0.15) is 0 Å². The molecule has 7 heteroatoms. The van der Waals surface area contributed by atoms with Crippen molar-refractivity contribution in [1.82, 2.24) is 15.3 Å². The number of alkyl carbamates (subject to hydrolysis) is 1. The van der Waals surface area contributed by atoms with Gasteiger partial charge in [-0.25, -0.2) is 14.6 Å². The number of aromatic carboxylic acids is 1. The number of carbonyl (C=O) groups is 2. The van der Waals surface area contributed by atoms with Gasteiger partial charge in [0.25, 0.3) is 0 Å². The van der Waals surface area contributed by atoms with Gasteiger partial charge in [0, 0.05) is 0 Å². The Morgan fingerprint density at radius 2 is 2.24 bits per heavy atom. The molecule has 0 radical (unpaired) electrons. The molecule has 0 fully saturated rings. The zero-order valence-corrected chi connectivity index (χ0v) is 8.92. The Labute approximate surface area is 97.2 Å². The van der Waals surface area contributed by atoms with Gasteiger partial charge in [0.05, 0.1) is 24.6 Å². The lowest BCUT2D eigenvalue weighted by molar-refractivity contribution is 0.0689. The second-order valence-corrected chi connectivity index (χ2v) is 2.94. The maximum Gasteiger partial charge on any atom is 0.407 e. The summed E-state index contributed by atoms with van der Waals surface area (Å²) < 4.78 is 4.66. The van der Waals surface area contributed by atoms with Crippen molar-refractivity contribution in [3.63, 3.8) is 0 Å². The summed E-state index contributed by atoms with van der Waals surface area (Å²) in [6, 6.07) is 0. The fourth-order valence-electron chi connectivity index (χ4n) is 0.905. The van der Waals surface area contributed by atoms with E-state index in [0.717, 1.165) is 6.20 Å². The SMILES string of the molecule is C=CCOC(=O)NCc1cnc(C(=O)O)cn1. The van der Waals surface area contributed by atoms with Crippen LogP contribution in [-0.4, -0.2) is 33.7 Å². The molecule has 2 N–H and O–H groups in total. The van der Waals surface area contributed by atoms with Gasteiger partial charge in [0.15, 0.2) is 5.69 Å². The van der Waals surface area contributed by atoms with E-state index in [0.29, 0.717) is 5.69 Å². The number of aromatic nitrogens is 2. The fourth-order valence-corrected chi connectivity index (χ4v) is 0.905. The highest BCUT2D eigenvalue weighted by molar-refractivity contribution is 5.84. The van der Waals surface area contributed by atoms with Crippen LogP contribution in [0.1, 0.15) is 16.2 Å². The lowest BCUT2D eigenvalue weighted by Crippen LogP contribution is -2.24.